The molecule has 4 aliphatic rings. The fourth-order valence-corrected chi connectivity index (χ4v) is 7.27. The lowest BCUT2D eigenvalue weighted by Gasteiger charge is -2.60. The molecular formula is C24H28O4. The highest BCUT2D eigenvalue weighted by Crippen LogP contribution is 2.69. The second kappa shape index (κ2) is 5.79. The zero-order valence-electron chi connectivity index (χ0n) is 16.6. The summed E-state index contributed by atoms with van der Waals surface area (Å²) >= 11 is 0. The summed E-state index contributed by atoms with van der Waals surface area (Å²) in [7, 11) is 0. The number of hydrogen-bond acceptors (Lipinski definition) is 4. The summed E-state index contributed by atoms with van der Waals surface area (Å²) < 4.78 is 5.15. The Bertz CT molecular complexity index is 935. The average molecular weight is 380 g/mol. The number of allylic oxidation sites excluding steroid dienone is 4. The van der Waals surface area contributed by atoms with Crippen molar-refractivity contribution in [3.8, 4) is 0 Å². The third-order valence-electron chi connectivity index (χ3n) is 8.87. The number of carbonyl (C=O) groups excluding carboxylic acids is 1. The molecule has 0 aliphatic heterocycles. The Morgan fingerprint density at radius 1 is 1.07 bits per heavy atom. The molecule has 1 aromatic heterocycles. The monoisotopic (exact) mass is 380 g/mol. The molecule has 4 aliphatic carbocycles. The summed E-state index contributed by atoms with van der Waals surface area (Å²) in [6.45, 7) is 4.49. The molecule has 1 N–H and O–H groups in total. The molecule has 4 heteroatoms. The van der Waals surface area contributed by atoms with E-state index in [1.54, 1.807) is 12.3 Å². The molecule has 0 bridgehead atoms. The lowest BCUT2D eigenvalue weighted by atomic mass is 9.46. The molecule has 1 heterocycles. The lowest BCUT2D eigenvalue weighted by molar-refractivity contribution is -0.171. The second-order valence-corrected chi connectivity index (χ2v) is 9.80. The highest BCUT2D eigenvalue weighted by Gasteiger charge is 2.66. The number of hydrogen-bond donors (Lipinski definition) is 1. The predicted molar refractivity (Wildman–Crippen MR) is 106 cm³/mol. The summed E-state index contributed by atoms with van der Waals surface area (Å²) in [4.78, 5) is 23.3. The van der Waals surface area contributed by atoms with Crippen LogP contribution in [0.2, 0.25) is 0 Å². The normalized spacial score (nSPS) is 44.5. The van der Waals surface area contributed by atoms with Crippen LogP contribution in [0.1, 0.15) is 63.9 Å². The van der Waals surface area contributed by atoms with Crippen LogP contribution in [0.5, 0.6) is 0 Å². The van der Waals surface area contributed by atoms with Crippen LogP contribution in [0.15, 0.2) is 51.4 Å². The molecule has 0 amide bonds. The van der Waals surface area contributed by atoms with E-state index in [1.165, 1.54) is 11.6 Å². The SMILES string of the molecule is C[C@@]12C=CC(=O)C=C1CC[C@@H]1[C@H]2CC[C@]2(C)[C@@H](c3ccc(=O)oc3)CC[C@]12O. The number of fused-ring (bicyclic) bond motifs is 5. The third kappa shape index (κ3) is 2.21. The van der Waals surface area contributed by atoms with Gasteiger partial charge < -0.3 is 9.52 Å². The maximum absolute atomic E-state index is 12.1. The van der Waals surface area contributed by atoms with Crippen molar-refractivity contribution in [2.75, 3.05) is 0 Å². The van der Waals surface area contributed by atoms with Crippen molar-refractivity contribution in [2.45, 2.75) is 63.9 Å². The number of ketones is 1. The van der Waals surface area contributed by atoms with Crippen molar-refractivity contribution in [1.29, 1.82) is 0 Å². The molecule has 5 rings (SSSR count). The Morgan fingerprint density at radius 2 is 1.89 bits per heavy atom. The van der Waals surface area contributed by atoms with Crippen LogP contribution in [0.4, 0.5) is 0 Å². The Kier molecular flexibility index (Phi) is 3.74. The molecule has 0 radical (unpaired) electrons. The van der Waals surface area contributed by atoms with Crippen molar-refractivity contribution >= 4 is 5.78 Å². The summed E-state index contributed by atoms with van der Waals surface area (Å²) in [5.41, 5.74) is 0.880. The molecule has 0 aromatic carbocycles. The quantitative estimate of drug-likeness (QED) is 0.795. The second-order valence-electron chi connectivity index (χ2n) is 9.80. The fraction of sp³-hybridized carbons (Fsp3) is 0.583. The van der Waals surface area contributed by atoms with Gasteiger partial charge in [0.1, 0.15) is 0 Å². The van der Waals surface area contributed by atoms with Crippen LogP contribution in [0, 0.1) is 22.7 Å². The van der Waals surface area contributed by atoms with Gasteiger partial charge in [-0.2, -0.15) is 0 Å². The molecule has 4 nitrogen and oxygen atoms in total. The minimum absolute atomic E-state index is 0.0942. The average Bonchev–Trinajstić information content (AvgIpc) is 2.95. The first-order valence-electron chi connectivity index (χ1n) is 10.5. The van der Waals surface area contributed by atoms with E-state index < -0.39 is 5.60 Å². The number of aliphatic hydroxyl groups is 1. The van der Waals surface area contributed by atoms with E-state index in [2.05, 4.69) is 19.9 Å². The van der Waals surface area contributed by atoms with Gasteiger partial charge in [0.25, 0.3) is 0 Å². The fourth-order valence-electron chi connectivity index (χ4n) is 7.27. The van der Waals surface area contributed by atoms with Gasteiger partial charge in [0.2, 0.25) is 0 Å². The van der Waals surface area contributed by atoms with Gasteiger partial charge in [-0.1, -0.05) is 25.5 Å². The summed E-state index contributed by atoms with van der Waals surface area (Å²) in [6, 6.07) is 3.36. The topological polar surface area (TPSA) is 67.5 Å². The van der Waals surface area contributed by atoms with E-state index >= 15 is 0 Å². The van der Waals surface area contributed by atoms with Gasteiger partial charge in [0.05, 0.1) is 11.9 Å². The first-order valence-corrected chi connectivity index (χ1v) is 10.5. The summed E-state index contributed by atoms with van der Waals surface area (Å²) in [6.07, 6.45) is 12.8. The Hall–Kier alpha value is -1.94. The maximum atomic E-state index is 12.1. The Balaban J connectivity index is 1.53. The van der Waals surface area contributed by atoms with Crippen LogP contribution in [-0.4, -0.2) is 16.5 Å². The van der Waals surface area contributed by atoms with Crippen LogP contribution in [0.3, 0.4) is 0 Å². The summed E-state index contributed by atoms with van der Waals surface area (Å²) in [5, 5.41) is 12.1. The minimum Gasteiger partial charge on any atom is -0.431 e. The van der Waals surface area contributed by atoms with Gasteiger partial charge in [-0.25, -0.2) is 4.79 Å². The molecular weight excluding hydrogens is 352 g/mol. The number of carbonyl (C=O) groups is 1. The van der Waals surface area contributed by atoms with E-state index in [0.29, 0.717) is 5.92 Å². The van der Waals surface area contributed by atoms with Gasteiger partial charge in [-0.15, -0.1) is 0 Å². The van der Waals surface area contributed by atoms with Gasteiger partial charge in [0.15, 0.2) is 5.78 Å². The van der Waals surface area contributed by atoms with Crippen LogP contribution >= 0.6 is 0 Å². The first kappa shape index (κ1) is 18.1. The van der Waals surface area contributed by atoms with Crippen molar-refractivity contribution in [2.24, 2.45) is 22.7 Å². The minimum atomic E-state index is -0.722. The van der Waals surface area contributed by atoms with Crippen molar-refractivity contribution in [1.82, 2.24) is 0 Å². The van der Waals surface area contributed by atoms with Gasteiger partial charge in [-0.05, 0) is 80.1 Å². The van der Waals surface area contributed by atoms with E-state index in [1.807, 2.05) is 12.1 Å². The lowest BCUT2D eigenvalue weighted by Crippen LogP contribution is -2.60. The summed E-state index contributed by atoms with van der Waals surface area (Å²) in [5.74, 6) is 0.891. The molecule has 3 saturated carbocycles. The molecule has 148 valence electrons. The number of rotatable bonds is 1. The van der Waals surface area contributed by atoms with Crippen molar-refractivity contribution in [3.63, 3.8) is 0 Å². The Labute approximate surface area is 165 Å². The van der Waals surface area contributed by atoms with Crippen LogP contribution < -0.4 is 5.63 Å². The molecule has 28 heavy (non-hydrogen) atoms. The predicted octanol–water partition coefficient (Wildman–Crippen LogP) is 4.15. The van der Waals surface area contributed by atoms with E-state index in [9.17, 15) is 14.7 Å². The Morgan fingerprint density at radius 3 is 2.64 bits per heavy atom. The highest BCUT2D eigenvalue weighted by atomic mass is 16.4. The first-order chi connectivity index (χ1) is 13.3. The third-order valence-corrected chi connectivity index (χ3v) is 8.87. The molecule has 3 fully saturated rings. The zero-order valence-corrected chi connectivity index (χ0v) is 16.6. The van der Waals surface area contributed by atoms with E-state index in [0.717, 1.165) is 44.1 Å². The largest absolute Gasteiger partial charge is 0.431 e. The van der Waals surface area contributed by atoms with Gasteiger partial charge in [-0.3, -0.25) is 4.79 Å². The molecule has 6 atom stereocenters. The van der Waals surface area contributed by atoms with Crippen molar-refractivity contribution < 1.29 is 14.3 Å². The van der Waals surface area contributed by atoms with Crippen molar-refractivity contribution in [3.05, 3.63) is 58.2 Å². The van der Waals surface area contributed by atoms with Crippen LogP contribution in [-0.2, 0) is 4.79 Å². The molecule has 0 spiro atoms. The maximum Gasteiger partial charge on any atom is 0.335 e. The molecule has 1 aromatic rings. The van der Waals surface area contributed by atoms with E-state index in [-0.39, 0.29) is 34.1 Å². The standard InChI is InChI=1S/C24H28O4/c1-22-10-7-17(25)13-16(22)4-5-20-19(22)8-11-23(2)18(9-12-24(20,23)27)15-3-6-21(26)28-14-15/h3,6-7,10,13-14,18-20,27H,4-5,8-9,11-12H2,1-2H3/t18-,19-,20-,22-,23-,24+/m1/s1. The highest BCUT2D eigenvalue weighted by molar-refractivity contribution is 6.01. The van der Waals surface area contributed by atoms with E-state index in [4.69, 9.17) is 4.42 Å². The van der Waals surface area contributed by atoms with Crippen LogP contribution in [0.25, 0.3) is 0 Å². The molecule has 0 saturated heterocycles. The van der Waals surface area contributed by atoms with Gasteiger partial charge >= 0.3 is 5.63 Å². The zero-order chi connectivity index (χ0) is 19.7. The van der Waals surface area contributed by atoms with Gasteiger partial charge in [0, 0.05) is 16.9 Å². The molecule has 0 unspecified atom stereocenters. The smallest absolute Gasteiger partial charge is 0.335 e.